The third-order valence-electron chi connectivity index (χ3n) is 7.31. The average molecular weight is 516 g/mol. The second kappa shape index (κ2) is 10.4. The predicted octanol–water partition coefficient (Wildman–Crippen LogP) is 4.80. The van der Waals surface area contributed by atoms with E-state index in [2.05, 4.69) is 10.0 Å². The number of benzene rings is 2. The van der Waals surface area contributed by atoms with Gasteiger partial charge in [-0.1, -0.05) is 49.9 Å². The summed E-state index contributed by atoms with van der Waals surface area (Å²) in [5.74, 6) is 0.0908. The van der Waals surface area contributed by atoms with Crippen molar-refractivity contribution in [1.29, 1.82) is 0 Å². The van der Waals surface area contributed by atoms with Crippen LogP contribution in [0.2, 0.25) is 5.02 Å². The molecule has 2 aromatic rings. The molecule has 4 rings (SSSR count). The van der Waals surface area contributed by atoms with Crippen molar-refractivity contribution in [3.8, 4) is 11.1 Å². The predicted molar refractivity (Wildman–Crippen MR) is 142 cm³/mol. The quantitative estimate of drug-likeness (QED) is 0.438. The molecule has 188 valence electrons. The highest BCUT2D eigenvalue weighted by molar-refractivity contribution is 7.89. The number of hydrogen-bond donors (Lipinski definition) is 3. The van der Waals surface area contributed by atoms with Gasteiger partial charge in [-0.05, 0) is 67.3 Å². The Morgan fingerprint density at radius 3 is 2.51 bits per heavy atom. The van der Waals surface area contributed by atoms with Gasteiger partial charge < -0.3 is 11.1 Å². The van der Waals surface area contributed by atoms with Gasteiger partial charge in [-0.2, -0.15) is 0 Å². The summed E-state index contributed by atoms with van der Waals surface area (Å²) >= 11 is 6.72. The topological polar surface area (TPSA) is 101 Å². The molecule has 0 saturated heterocycles. The maximum absolute atomic E-state index is 13.1. The van der Waals surface area contributed by atoms with E-state index in [0.29, 0.717) is 41.4 Å². The number of carbonyl (C=O) groups excluding carboxylic acids is 1. The maximum Gasteiger partial charge on any atom is 0.240 e. The number of nitrogens with two attached hydrogens (primary N) is 1. The zero-order valence-corrected chi connectivity index (χ0v) is 22.0. The third kappa shape index (κ3) is 5.19. The van der Waals surface area contributed by atoms with Crippen LogP contribution in [0.15, 0.2) is 47.0 Å². The number of likely N-dealkylation sites (N-methyl/N-ethyl adjacent to an activating group) is 1. The van der Waals surface area contributed by atoms with Crippen molar-refractivity contribution in [3.63, 3.8) is 0 Å². The Balaban J connectivity index is 1.66. The van der Waals surface area contributed by atoms with Gasteiger partial charge in [-0.3, -0.25) is 4.79 Å². The van der Waals surface area contributed by atoms with Crippen LogP contribution in [0.5, 0.6) is 0 Å². The Morgan fingerprint density at radius 1 is 1.06 bits per heavy atom. The van der Waals surface area contributed by atoms with E-state index < -0.39 is 10.0 Å². The lowest BCUT2D eigenvalue weighted by molar-refractivity contribution is -0.114. The fourth-order valence-electron chi connectivity index (χ4n) is 5.41. The number of carbonyl (C=O) groups is 1. The minimum absolute atomic E-state index is 0.0908. The molecule has 6 nitrogen and oxygen atoms in total. The van der Waals surface area contributed by atoms with Crippen molar-refractivity contribution >= 4 is 33.0 Å². The number of hydrogen-bond acceptors (Lipinski definition) is 5. The molecular weight excluding hydrogens is 482 g/mol. The molecule has 0 amide bonds. The van der Waals surface area contributed by atoms with E-state index in [9.17, 15) is 13.2 Å². The van der Waals surface area contributed by atoms with Crippen molar-refractivity contribution < 1.29 is 13.2 Å². The molecule has 0 bridgehead atoms. The molecule has 2 aliphatic carbocycles. The first-order valence-electron chi connectivity index (χ1n) is 12.3. The molecule has 35 heavy (non-hydrogen) atoms. The lowest BCUT2D eigenvalue weighted by Crippen LogP contribution is -2.31. The summed E-state index contributed by atoms with van der Waals surface area (Å²) in [4.78, 5) is 13.3. The van der Waals surface area contributed by atoms with Crippen LogP contribution in [0.25, 0.3) is 16.7 Å². The van der Waals surface area contributed by atoms with Crippen LogP contribution in [0.4, 0.5) is 0 Å². The van der Waals surface area contributed by atoms with Crippen molar-refractivity contribution in [3.05, 3.63) is 58.2 Å². The monoisotopic (exact) mass is 515 g/mol. The van der Waals surface area contributed by atoms with Crippen molar-refractivity contribution in [2.24, 2.45) is 11.1 Å². The van der Waals surface area contributed by atoms with Gasteiger partial charge in [-0.25, -0.2) is 13.1 Å². The minimum atomic E-state index is -3.65. The summed E-state index contributed by atoms with van der Waals surface area (Å²) in [7, 11) is -3.65. The average Bonchev–Trinajstić information content (AvgIpc) is 3.07. The fraction of sp³-hybridized carbons (Fsp3) is 0.444. The molecule has 8 heteroatoms. The van der Waals surface area contributed by atoms with Crippen molar-refractivity contribution in [2.45, 2.75) is 57.3 Å². The highest BCUT2D eigenvalue weighted by atomic mass is 35.5. The van der Waals surface area contributed by atoms with Crippen LogP contribution in [-0.2, 0) is 14.8 Å². The molecule has 1 fully saturated rings. The van der Waals surface area contributed by atoms with Crippen LogP contribution in [0, 0.1) is 12.3 Å². The number of nitrogens with one attached hydrogen (secondary N) is 2. The van der Waals surface area contributed by atoms with E-state index in [4.69, 9.17) is 17.3 Å². The molecule has 0 unspecified atom stereocenters. The van der Waals surface area contributed by atoms with E-state index in [1.165, 1.54) is 6.42 Å². The molecule has 2 aliphatic rings. The minimum Gasteiger partial charge on any atom is -0.401 e. The van der Waals surface area contributed by atoms with Gasteiger partial charge in [-0.15, -0.1) is 0 Å². The summed E-state index contributed by atoms with van der Waals surface area (Å²) in [6.07, 6.45) is 5.80. The summed E-state index contributed by atoms with van der Waals surface area (Å²) < 4.78 is 28.1. The Kier molecular flexibility index (Phi) is 7.71. The number of rotatable bonds is 8. The van der Waals surface area contributed by atoms with E-state index in [1.54, 1.807) is 18.2 Å². The Hall–Kier alpha value is -2.19. The Morgan fingerprint density at radius 2 is 1.80 bits per heavy atom. The molecule has 0 aliphatic heterocycles. The second-order valence-corrected chi connectivity index (χ2v) is 11.8. The van der Waals surface area contributed by atoms with Crippen LogP contribution in [0.3, 0.4) is 0 Å². The largest absolute Gasteiger partial charge is 0.401 e. The van der Waals surface area contributed by atoms with E-state index in [0.717, 1.165) is 48.9 Å². The van der Waals surface area contributed by atoms with E-state index >= 15 is 0 Å². The molecule has 2 aromatic carbocycles. The highest BCUT2D eigenvalue weighted by Crippen LogP contribution is 2.52. The van der Waals surface area contributed by atoms with E-state index in [1.807, 2.05) is 32.0 Å². The summed E-state index contributed by atoms with van der Waals surface area (Å²) in [5.41, 5.74) is 10.8. The standard InChI is InChI=1S/C27H34ClN3O3S/c1-3-30-12-13-31-35(33,34)20-9-7-8-19(15-20)22-14-18(2)21(16-23(22)28)25-24(32)17-27(26(25)29)10-5-4-6-11-27/h7-9,14-16,30-31H,3-6,10-13,17,29H2,1-2H3. The molecule has 0 radical (unpaired) electrons. The zero-order chi connectivity index (χ0) is 25.2. The molecular formula is C27H34ClN3O3S. The van der Waals surface area contributed by atoms with Gasteiger partial charge in [0.15, 0.2) is 5.78 Å². The van der Waals surface area contributed by atoms with Gasteiger partial charge in [0.25, 0.3) is 0 Å². The van der Waals surface area contributed by atoms with Gasteiger partial charge >= 0.3 is 0 Å². The second-order valence-electron chi connectivity index (χ2n) is 9.66. The summed E-state index contributed by atoms with van der Waals surface area (Å²) in [6, 6.07) is 10.5. The molecule has 4 N–H and O–H groups in total. The molecule has 0 aromatic heterocycles. The molecule has 1 spiro atoms. The molecule has 0 heterocycles. The first-order chi connectivity index (χ1) is 16.7. The molecule has 0 atom stereocenters. The highest BCUT2D eigenvalue weighted by Gasteiger charge is 2.45. The normalized spacial score (nSPS) is 18.0. The van der Waals surface area contributed by atoms with Crippen molar-refractivity contribution in [1.82, 2.24) is 10.0 Å². The fourth-order valence-corrected chi connectivity index (χ4v) is 6.76. The van der Waals surface area contributed by atoms with Gasteiger partial charge in [0, 0.05) is 46.8 Å². The maximum atomic E-state index is 13.1. The Bertz CT molecular complexity index is 1260. The van der Waals surface area contributed by atoms with Crippen LogP contribution in [0.1, 0.15) is 56.6 Å². The third-order valence-corrected chi connectivity index (χ3v) is 9.08. The summed E-state index contributed by atoms with van der Waals surface area (Å²) in [5, 5.41) is 3.55. The number of aryl methyl sites for hydroxylation is 1. The number of allylic oxidation sites excluding steroid dienone is 2. The zero-order valence-electron chi connectivity index (χ0n) is 20.4. The first-order valence-corrected chi connectivity index (χ1v) is 14.2. The van der Waals surface area contributed by atoms with Crippen LogP contribution in [-0.4, -0.2) is 33.8 Å². The number of halogens is 1. The Labute approximate surface area is 213 Å². The van der Waals surface area contributed by atoms with Gasteiger partial charge in [0.2, 0.25) is 10.0 Å². The van der Waals surface area contributed by atoms with Gasteiger partial charge in [0.05, 0.1) is 4.90 Å². The SMILES string of the molecule is CCNCCNS(=O)(=O)c1cccc(-c2cc(C)c(C3=C(N)C4(CCCCC4)CC3=O)cc2Cl)c1. The van der Waals surface area contributed by atoms with Crippen LogP contribution < -0.4 is 15.8 Å². The lowest BCUT2D eigenvalue weighted by Gasteiger charge is -2.33. The van der Waals surface area contributed by atoms with E-state index in [-0.39, 0.29) is 16.1 Å². The van der Waals surface area contributed by atoms with Crippen molar-refractivity contribution in [2.75, 3.05) is 19.6 Å². The number of sulfonamides is 1. The smallest absolute Gasteiger partial charge is 0.240 e. The number of Topliss-reactive ketones (excluding diaryl/α,β-unsaturated/α-hetero) is 1. The van der Waals surface area contributed by atoms with Crippen LogP contribution >= 0.6 is 11.6 Å². The van der Waals surface area contributed by atoms with Gasteiger partial charge in [0.1, 0.15) is 0 Å². The summed E-state index contributed by atoms with van der Waals surface area (Å²) in [6.45, 7) is 5.55. The number of ketones is 1. The lowest BCUT2D eigenvalue weighted by atomic mass is 9.72. The first kappa shape index (κ1) is 25.9. The molecule has 1 saturated carbocycles.